The molecule has 0 atom stereocenters. The molecule has 4 aromatic heterocycles. The topological polar surface area (TPSA) is 102 Å². The maximum absolute atomic E-state index is 13.1. The van der Waals surface area contributed by atoms with E-state index in [4.69, 9.17) is 15.5 Å². The van der Waals surface area contributed by atoms with E-state index in [9.17, 15) is 4.79 Å². The maximum atomic E-state index is 13.1. The molecule has 1 amide bonds. The molecule has 1 aromatic carbocycles. The Balaban J connectivity index is 1.30. The lowest BCUT2D eigenvalue weighted by atomic mass is 9.96. The van der Waals surface area contributed by atoms with Crippen molar-refractivity contribution in [2.24, 2.45) is 0 Å². The summed E-state index contributed by atoms with van der Waals surface area (Å²) >= 11 is 1.44. The highest BCUT2D eigenvalue weighted by Gasteiger charge is 2.30. The van der Waals surface area contributed by atoms with E-state index in [0.29, 0.717) is 36.1 Å². The van der Waals surface area contributed by atoms with E-state index < -0.39 is 0 Å². The first-order valence-corrected chi connectivity index (χ1v) is 12.7. The first-order valence-electron chi connectivity index (χ1n) is 11.8. The Morgan fingerprint density at radius 2 is 2.09 bits per heavy atom. The number of aromatic nitrogens is 4. The molecule has 1 aliphatic heterocycles. The van der Waals surface area contributed by atoms with Crippen molar-refractivity contribution in [3.63, 3.8) is 0 Å². The van der Waals surface area contributed by atoms with E-state index in [0.717, 1.165) is 46.5 Å². The number of hydrogen-bond acceptors (Lipinski definition) is 6. The molecule has 0 aliphatic carbocycles. The smallest absolute Gasteiger partial charge is 0.267 e. The number of carbonyl (C=O) groups excluding carboxylic acids is 1. The minimum absolute atomic E-state index is 0.0436. The molecule has 0 radical (unpaired) electrons. The zero-order valence-electron chi connectivity index (χ0n) is 19.4. The van der Waals surface area contributed by atoms with Gasteiger partial charge in [0.25, 0.3) is 5.91 Å². The molecule has 35 heavy (non-hydrogen) atoms. The third-order valence-electron chi connectivity index (χ3n) is 6.67. The fourth-order valence-electron chi connectivity index (χ4n) is 4.97. The maximum Gasteiger partial charge on any atom is 0.267 e. The third kappa shape index (κ3) is 3.72. The quantitative estimate of drug-likeness (QED) is 0.366. The van der Waals surface area contributed by atoms with Crippen LogP contribution in [0.15, 0.2) is 54.2 Å². The van der Waals surface area contributed by atoms with Crippen LogP contribution in [0.25, 0.3) is 27.8 Å². The number of para-hydroxylation sites is 1. The summed E-state index contributed by atoms with van der Waals surface area (Å²) in [5.41, 5.74) is 9.93. The number of aromatic amines is 1. The van der Waals surface area contributed by atoms with Crippen LogP contribution in [-0.2, 0) is 0 Å². The molecule has 1 saturated heterocycles. The Hall–Kier alpha value is -3.85. The fourth-order valence-corrected chi connectivity index (χ4v) is 5.77. The lowest BCUT2D eigenvalue weighted by Gasteiger charge is -2.31. The van der Waals surface area contributed by atoms with Crippen molar-refractivity contribution in [2.45, 2.75) is 25.7 Å². The number of hydrogen-bond donors (Lipinski definition) is 2. The molecule has 8 nitrogen and oxygen atoms in total. The van der Waals surface area contributed by atoms with Gasteiger partial charge in [0.05, 0.1) is 12.3 Å². The average molecular weight is 487 g/mol. The first-order chi connectivity index (χ1) is 17.1. The number of likely N-dealkylation sites (tertiary alicyclic amines) is 1. The van der Waals surface area contributed by atoms with E-state index in [-0.39, 0.29) is 11.8 Å². The van der Waals surface area contributed by atoms with Crippen molar-refractivity contribution in [2.75, 3.05) is 25.4 Å². The highest BCUT2D eigenvalue weighted by molar-refractivity contribution is 7.12. The van der Waals surface area contributed by atoms with Gasteiger partial charge in [-0.15, -0.1) is 11.3 Å². The predicted octanol–water partition coefficient (Wildman–Crippen LogP) is 4.94. The summed E-state index contributed by atoms with van der Waals surface area (Å²) in [7, 11) is 0. The van der Waals surface area contributed by atoms with Crippen molar-refractivity contribution in [3.8, 4) is 17.1 Å². The highest BCUT2D eigenvalue weighted by Crippen LogP contribution is 2.36. The largest absolute Gasteiger partial charge is 0.492 e. The number of ether oxygens (including phenoxy) is 1. The van der Waals surface area contributed by atoms with Gasteiger partial charge in [-0.05, 0) is 43.3 Å². The van der Waals surface area contributed by atoms with Gasteiger partial charge in [0, 0.05) is 42.3 Å². The normalized spacial score (nSPS) is 14.7. The van der Waals surface area contributed by atoms with Crippen LogP contribution in [-0.4, -0.2) is 49.9 Å². The number of piperidine rings is 1. The molecule has 5 heterocycles. The molecule has 178 valence electrons. The molecule has 0 spiro atoms. The summed E-state index contributed by atoms with van der Waals surface area (Å²) in [6.07, 6.45) is 5.30. The molecule has 0 saturated carbocycles. The summed E-state index contributed by atoms with van der Waals surface area (Å²) in [4.78, 5) is 28.6. The van der Waals surface area contributed by atoms with Gasteiger partial charge < -0.3 is 20.4 Å². The number of benzene rings is 1. The number of nitrogen functional groups attached to an aromatic ring is 1. The van der Waals surface area contributed by atoms with Gasteiger partial charge >= 0.3 is 0 Å². The molecular weight excluding hydrogens is 460 g/mol. The summed E-state index contributed by atoms with van der Waals surface area (Å²) < 4.78 is 7.70. The number of H-pyrrole nitrogens is 1. The average Bonchev–Trinajstić information content (AvgIpc) is 3.61. The standard InChI is InChI=1S/C26H26N6O2S/c1-2-34-20-9-14-35-23(20)26(33)31-11-7-16(8-12-31)25-30-21(22-24(27)28-10-13-32(22)25)19-15-17-5-3-4-6-18(17)29-19/h3-6,9-10,13-16,29H,2,7-8,11-12H2,1H3,(H2,27,28). The van der Waals surface area contributed by atoms with Gasteiger partial charge in [-0.3, -0.25) is 9.20 Å². The van der Waals surface area contributed by atoms with Crippen molar-refractivity contribution in [3.05, 3.63) is 64.9 Å². The zero-order chi connectivity index (χ0) is 23.9. The number of nitrogens with zero attached hydrogens (tertiary/aromatic N) is 4. The number of thiophene rings is 1. The van der Waals surface area contributed by atoms with Gasteiger partial charge in [0.2, 0.25) is 0 Å². The van der Waals surface area contributed by atoms with E-state index in [1.165, 1.54) is 11.3 Å². The van der Waals surface area contributed by atoms with Gasteiger partial charge in [-0.25, -0.2) is 9.97 Å². The number of rotatable bonds is 5. The number of fused-ring (bicyclic) bond motifs is 2. The van der Waals surface area contributed by atoms with Crippen LogP contribution >= 0.6 is 11.3 Å². The number of carbonyl (C=O) groups is 1. The van der Waals surface area contributed by atoms with Gasteiger partial charge in [-0.1, -0.05) is 18.2 Å². The minimum Gasteiger partial charge on any atom is -0.492 e. The van der Waals surface area contributed by atoms with Crippen molar-refractivity contribution in [1.29, 1.82) is 0 Å². The van der Waals surface area contributed by atoms with Crippen LogP contribution in [0.2, 0.25) is 0 Å². The second-order valence-electron chi connectivity index (χ2n) is 8.73. The number of anilines is 1. The van der Waals surface area contributed by atoms with Crippen LogP contribution in [0, 0.1) is 0 Å². The minimum atomic E-state index is 0.0436. The Bertz CT molecular complexity index is 1490. The third-order valence-corrected chi connectivity index (χ3v) is 7.55. The summed E-state index contributed by atoms with van der Waals surface area (Å²) in [5, 5.41) is 3.03. The lowest BCUT2D eigenvalue weighted by Crippen LogP contribution is -2.38. The molecular formula is C26H26N6O2S. The van der Waals surface area contributed by atoms with Gasteiger partial charge in [-0.2, -0.15) is 0 Å². The van der Waals surface area contributed by atoms with Crippen LogP contribution in [0.5, 0.6) is 5.75 Å². The highest BCUT2D eigenvalue weighted by atomic mass is 32.1. The monoisotopic (exact) mass is 486 g/mol. The molecule has 0 bridgehead atoms. The van der Waals surface area contributed by atoms with Gasteiger partial charge in [0.15, 0.2) is 0 Å². The lowest BCUT2D eigenvalue weighted by molar-refractivity contribution is 0.0712. The number of imidazole rings is 1. The van der Waals surface area contributed by atoms with Crippen molar-refractivity contribution in [1.82, 2.24) is 24.3 Å². The molecule has 3 N–H and O–H groups in total. The molecule has 1 aliphatic rings. The second kappa shape index (κ2) is 8.74. The second-order valence-corrected chi connectivity index (χ2v) is 9.65. The SMILES string of the molecule is CCOc1ccsc1C(=O)N1CCC(c2nc(-c3cc4ccccc4[nH]3)c3c(N)nccn23)CC1. The first kappa shape index (κ1) is 21.7. The zero-order valence-corrected chi connectivity index (χ0v) is 20.2. The summed E-state index contributed by atoms with van der Waals surface area (Å²) in [6.45, 7) is 3.82. The Kier molecular flexibility index (Phi) is 5.41. The van der Waals surface area contributed by atoms with E-state index in [2.05, 4.69) is 32.6 Å². The molecule has 6 rings (SSSR count). The fraction of sp³-hybridized carbons (Fsp3) is 0.269. The Morgan fingerprint density at radius 1 is 1.26 bits per heavy atom. The number of nitrogens with one attached hydrogen (secondary N) is 1. The van der Waals surface area contributed by atoms with Crippen LogP contribution in [0.3, 0.4) is 0 Å². The van der Waals surface area contributed by atoms with E-state index >= 15 is 0 Å². The summed E-state index contributed by atoms with van der Waals surface area (Å²) in [5.74, 6) is 2.34. The van der Waals surface area contributed by atoms with Crippen LogP contribution in [0.1, 0.15) is 41.2 Å². The number of amides is 1. The van der Waals surface area contributed by atoms with E-state index in [1.54, 1.807) is 6.20 Å². The summed E-state index contributed by atoms with van der Waals surface area (Å²) in [6, 6.07) is 12.1. The molecule has 1 fully saturated rings. The van der Waals surface area contributed by atoms with Crippen LogP contribution < -0.4 is 10.5 Å². The predicted molar refractivity (Wildman–Crippen MR) is 138 cm³/mol. The van der Waals surface area contributed by atoms with Crippen molar-refractivity contribution < 1.29 is 9.53 Å². The molecule has 0 unspecified atom stereocenters. The van der Waals surface area contributed by atoms with E-state index in [1.807, 2.05) is 41.6 Å². The Labute approximate surface area is 206 Å². The van der Waals surface area contributed by atoms with Crippen molar-refractivity contribution >= 4 is 39.5 Å². The van der Waals surface area contributed by atoms with Crippen LogP contribution in [0.4, 0.5) is 5.82 Å². The van der Waals surface area contributed by atoms with Gasteiger partial charge in [0.1, 0.15) is 33.5 Å². The molecule has 9 heteroatoms. The Morgan fingerprint density at radius 3 is 2.89 bits per heavy atom. The number of nitrogens with two attached hydrogens (primary N) is 1. The molecule has 5 aromatic rings.